The van der Waals surface area contributed by atoms with Crippen molar-refractivity contribution in [3.63, 3.8) is 0 Å². The van der Waals surface area contributed by atoms with Gasteiger partial charge in [-0.25, -0.2) is 4.79 Å². The minimum Gasteiger partial charge on any atom is -0.467 e. The van der Waals surface area contributed by atoms with Crippen LogP contribution < -0.4 is 0 Å². The van der Waals surface area contributed by atoms with Crippen LogP contribution in [-0.2, 0) is 38.2 Å². The van der Waals surface area contributed by atoms with Crippen LogP contribution in [0.1, 0.15) is 84.5 Å². The normalized spacial score (nSPS) is 38.0. The first-order valence-corrected chi connectivity index (χ1v) is 14.9. The van der Waals surface area contributed by atoms with Gasteiger partial charge in [0.05, 0.1) is 13.5 Å². The minimum atomic E-state index is -1.79. The maximum atomic E-state index is 13.8. The number of amides is 1. The van der Waals surface area contributed by atoms with Crippen LogP contribution in [0.5, 0.6) is 0 Å². The molecule has 0 bridgehead atoms. The van der Waals surface area contributed by atoms with E-state index in [-0.39, 0.29) is 66.3 Å². The van der Waals surface area contributed by atoms with Crippen molar-refractivity contribution in [3.05, 3.63) is 11.6 Å². The minimum absolute atomic E-state index is 0.0198. The van der Waals surface area contributed by atoms with Crippen molar-refractivity contribution in [3.8, 4) is 0 Å². The summed E-state index contributed by atoms with van der Waals surface area (Å²) < 4.78 is 9.97. The molecule has 0 aromatic carbocycles. The van der Waals surface area contributed by atoms with Crippen molar-refractivity contribution in [2.45, 2.75) is 96.1 Å². The summed E-state index contributed by atoms with van der Waals surface area (Å²) in [5.74, 6) is -2.30. The van der Waals surface area contributed by atoms with Gasteiger partial charge in [-0.15, -0.1) is 0 Å². The van der Waals surface area contributed by atoms with Crippen molar-refractivity contribution >= 4 is 35.2 Å². The average molecular weight is 572 g/mol. The zero-order chi connectivity index (χ0) is 29.7. The highest BCUT2D eigenvalue weighted by molar-refractivity contribution is 5.95. The largest absolute Gasteiger partial charge is 0.467 e. The second-order valence-corrected chi connectivity index (χ2v) is 13.2. The molecule has 1 N–H and O–H groups in total. The Labute approximate surface area is 240 Å². The van der Waals surface area contributed by atoms with Crippen molar-refractivity contribution < 1.29 is 43.3 Å². The highest BCUT2D eigenvalue weighted by Crippen LogP contribution is 2.66. The lowest BCUT2D eigenvalue weighted by molar-refractivity contribution is -0.174. The monoisotopic (exact) mass is 571 g/mol. The highest BCUT2D eigenvalue weighted by Gasteiger charge is 2.68. The Morgan fingerprint density at radius 2 is 1.80 bits per heavy atom. The molecule has 10 nitrogen and oxygen atoms in total. The number of ketones is 3. The molecule has 0 unspecified atom stereocenters. The fourth-order valence-electron chi connectivity index (χ4n) is 8.98. The van der Waals surface area contributed by atoms with Gasteiger partial charge in [0.25, 0.3) is 0 Å². The number of fused-ring (bicyclic) bond motifs is 5. The zero-order valence-electron chi connectivity index (χ0n) is 24.2. The summed E-state index contributed by atoms with van der Waals surface area (Å²) in [7, 11) is 1.27. The summed E-state index contributed by atoms with van der Waals surface area (Å²) >= 11 is 0. The van der Waals surface area contributed by atoms with Crippen LogP contribution in [0.3, 0.4) is 0 Å². The number of rotatable bonds is 7. The van der Waals surface area contributed by atoms with Crippen LogP contribution >= 0.6 is 0 Å². The summed E-state index contributed by atoms with van der Waals surface area (Å²) in [4.78, 5) is 77.6. The van der Waals surface area contributed by atoms with Gasteiger partial charge >= 0.3 is 11.9 Å². The molecule has 41 heavy (non-hydrogen) atoms. The van der Waals surface area contributed by atoms with Gasteiger partial charge in [-0.1, -0.05) is 19.4 Å². The highest BCUT2D eigenvalue weighted by atomic mass is 16.5. The van der Waals surface area contributed by atoms with Gasteiger partial charge in [-0.3, -0.25) is 24.0 Å². The van der Waals surface area contributed by atoms with E-state index in [4.69, 9.17) is 9.47 Å². The second kappa shape index (κ2) is 10.7. The SMILES string of the molecule is COC(=O)[C@H]1CCCN1C(=O)CCC(=O)OCC(=O)[C@@]1(O)CC[C@H]2[C@@H]3CCC4=CC(=O)CC[C@]4(C)[C@H]3C(=O)C[C@@]21C. The van der Waals surface area contributed by atoms with Crippen LogP contribution in [0.2, 0.25) is 0 Å². The summed E-state index contributed by atoms with van der Waals surface area (Å²) in [6.07, 6.45) is 5.92. The molecule has 5 rings (SSSR count). The molecule has 4 fully saturated rings. The summed E-state index contributed by atoms with van der Waals surface area (Å²) in [5.41, 5.74) is -2.06. The third-order valence-corrected chi connectivity index (χ3v) is 11.2. The topological polar surface area (TPSA) is 144 Å². The number of hydrogen-bond donors (Lipinski definition) is 1. The number of hydrogen-bond acceptors (Lipinski definition) is 9. The van der Waals surface area contributed by atoms with E-state index < -0.39 is 41.4 Å². The fraction of sp³-hybridized carbons (Fsp3) is 0.742. The number of esters is 2. The van der Waals surface area contributed by atoms with Crippen molar-refractivity contribution in [2.24, 2.45) is 28.6 Å². The molecule has 10 heteroatoms. The van der Waals surface area contributed by atoms with Gasteiger partial charge in [-0.05, 0) is 68.3 Å². The lowest BCUT2D eigenvalue weighted by Gasteiger charge is -2.57. The Hall–Kier alpha value is -2.88. The first-order chi connectivity index (χ1) is 19.4. The van der Waals surface area contributed by atoms with Crippen LogP contribution in [0, 0.1) is 28.6 Å². The third kappa shape index (κ3) is 4.76. The molecule has 1 heterocycles. The number of Topliss-reactive ketones (excluding diaryl/α,β-unsaturated/α-hetero) is 2. The van der Waals surface area contributed by atoms with E-state index in [1.165, 1.54) is 12.0 Å². The number of nitrogens with zero attached hydrogens (tertiary/aromatic N) is 1. The molecule has 1 aliphatic heterocycles. The molecule has 3 saturated carbocycles. The number of carbonyl (C=O) groups is 6. The maximum Gasteiger partial charge on any atom is 0.328 e. The van der Waals surface area contributed by atoms with E-state index in [1.54, 1.807) is 6.08 Å². The van der Waals surface area contributed by atoms with E-state index in [9.17, 15) is 33.9 Å². The molecule has 7 atom stereocenters. The molecule has 0 spiro atoms. The summed E-state index contributed by atoms with van der Waals surface area (Å²) in [6.45, 7) is 3.70. The first-order valence-electron chi connectivity index (χ1n) is 14.9. The van der Waals surface area contributed by atoms with Gasteiger partial charge < -0.3 is 19.5 Å². The number of aliphatic hydroxyl groups is 1. The van der Waals surface area contributed by atoms with Gasteiger partial charge in [0.1, 0.15) is 17.4 Å². The van der Waals surface area contributed by atoms with E-state index in [0.717, 1.165) is 18.4 Å². The predicted octanol–water partition coefficient (Wildman–Crippen LogP) is 2.48. The number of methoxy groups -OCH3 is 1. The molecule has 1 amide bonds. The van der Waals surface area contributed by atoms with Gasteiger partial charge in [-0.2, -0.15) is 0 Å². The van der Waals surface area contributed by atoms with E-state index in [0.29, 0.717) is 38.6 Å². The number of allylic oxidation sites excluding steroid dienone is 1. The van der Waals surface area contributed by atoms with Crippen molar-refractivity contribution in [1.82, 2.24) is 4.90 Å². The number of carbonyl (C=O) groups excluding carboxylic acids is 6. The second-order valence-electron chi connectivity index (χ2n) is 13.2. The maximum absolute atomic E-state index is 13.8. The molecular formula is C31H41NO9. The third-order valence-electron chi connectivity index (χ3n) is 11.2. The van der Waals surface area contributed by atoms with Crippen molar-refractivity contribution in [1.29, 1.82) is 0 Å². The molecule has 1 saturated heterocycles. The van der Waals surface area contributed by atoms with Gasteiger partial charge in [0.15, 0.2) is 12.4 Å². The molecular weight excluding hydrogens is 530 g/mol. The van der Waals surface area contributed by atoms with E-state index >= 15 is 0 Å². The van der Waals surface area contributed by atoms with Gasteiger partial charge in [0.2, 0.25) is 11.7 Å². The lowest BCUT2D eigenvalue weighted by Crippen LogP contribution is -2.61. The predicted molar refractivity (Wildman–Crippen MR) is 144 cm³/mol. The quantitative estimate of drug-likeness (QED) is 0.456. The van der Waals surface area contributed by atoms with E-state index in [1.807, 2.05) is 6.92 Å². The Balaban J connectivity index is 1.20. The van der Waals surface area contributed by atoms with Crippen molar-refractivity contribution in [2.75, 3.05) is 20.3 Å². The number of likely N-dealkylation sites (tertiary alicyclic amines) is 1. The molecule has 0 aromatic rings. The zero-order valence-corrected chi connectivity index (χ0v) is 24.2. The summed E-state index contributed by atoms with van der Waals surface area (Å²) in [6, 6.07) is -0.650. The molecule has 0 radical (unpaired) electrons. The van der Waals surface area contributed by atoms with E-state index in [2.05, 4.69) is 6.92 Å². The Kier molecular flexibility index (Phi) is 7.76. The Morgan fingerprint density at radius 3 is 2.54 bits per heavy atom. The number of ether oxygens (including phenoxy) is 2. The van der Waals surface area contributed by atoms with Crippen LogP contribution in [0.25, 0.3) is 0 Å². The first kappa shape index (κ1) is 29.6. The molecule has 0 aromatic heterocycles. The molecule has 224 valence electrons. The fourth-order valence-corrected chi connectivity index (χ4v) is 8.98. The Bertz CT molecular complexity index is 1210. The lowest BCUT2D eigenvalue weighted by atomic mass is 9.46. The smallest absolute Gasteiger partial charge is 0.328 e. The van der Waals surface area contributed by atoms with Gasteiger partial charge in [0, 0.05) is 37.1 Å². The van der Waals surface area contributed by atoms with Crippen LogP contribution in [0.15, 0.2) is 11.6 Å². The van der Waals surface area contributed by atoms with Crippen LogP contribution in [-0.4, -0.2) is 77.1 Å². The average Bonchev–Trinajstić information content (AvgIpc) is 3.53. The molecule has 5 aliphatic rings. The Morgan fingerprint density at radius 1 is 1.05 bits per heavy atom. The standard InChI is InChI=1S/C31H41NO9/c1-29-12-10-19(33)15-18(29)6-7-20-21-11-13-31(39,30(21,2)16-23(34)27(20)29)24(35)17-41-26(37)9-8-25(36)32-14-4-5-22(32)28(38)40-3/h15,20-22,27,39H,4-14,16-17H2,1-3H3/t20-,21-,22+,27+,29-,30-,31-/m0/s1. The molecule has 4 aliphatic carbocycles. The van der Waals surface area contributed by atoms with Crippen LogP contribution in [0.4, 0.5) is 0 Å². The summed E-state index contributed by atoms with van der Waals surface area (Å²) in [5, 5.41) is 11.8.